The van der Waals surface area contributed by atoms with Gasteiger partial charge in [0, 0.05) is 35.0 Å². The maximum absolute atomic E-state index is 12.5. The van der Waals surface area contributed by atoms with E-state index in [-0.39, 0.29) is 17.6 Å². The van der Waals surface area contributed by atoms with E-state index in [1.807, 2.05) is 24.3 Å². The summed E-state index contributed by atoms with van der Waals surface area (Å²) in [7, 11) is 1.54. The van der Waals surface area contributed by atoms with Gasteiger partial charge in [0.05, 0.1) is 5.54 Å². The molecule has 1 aliphatic carbocycles. The Morgan fingerprint density at radius 1 is 0.969 bits per heavy atom. The summed E-state index contributed by atoms with van der Waals surface area (Å²) in [6.07, 6.45) is 3.18. The highest BCUT2D eigenvalue weighted by Gasteiger charge is 2.45. The first-order valence-corrected chi connectivity index (χ1v) is 10.6. The molecule has 3 N–H and O–H groups in total. The zero-order valence-corrected chi connectivity index (χ0v) is 18.6. The minimum Gasteiger partial charge on any atom is -0.457 e. The van der Waals surface area contributed by atoms with Crippen molar-refractivity contribution in [2.45, 2.75) is 18.4 Å². The van der Waals surface area contributed by atoms with Crippen LogP contribution in [0.15, 0.2) is 60.8 Å². The molecule has 0 radical (unpaired) electrons. The number of anilines is 1. The van der Waals surface area contributed by atoms with Crippen LogP contribution in [0.5, 0.6) is 11.5 Å². The molecule has 0 atom stereocenters. The molecule has 3 aromatic rings. The van der Waals surface area contributed by atoms with Gasteiger partial charge in [0.2, 0.25) is 0 Å². The van der Waals surface area contributed by atoms with Crippen molar-refractivity contribution in [3.63, 3.8) is 0 Å². The lowest BCUT2D eigenvalue weighted by molar-refractivity contribution is 0.0958. The molecule has 1 aliphatic rings. The van der Waals surface area contributed by atoms with Crippen LogP contribution in [-0.2, 0) is 5.54 Å². The Labute approximate surface area is 195 Å². The molecule has 32 heavy (non-hydrogen) atoms. The molecule has 7 nitrogen and oxygen atoms in total. The van der Waals surface area contributed by atoms with Gasteiger partial charge in [-0.3, -0.25) is 9.78 Å². The van der Waals surface area contributed by atoms with E-state index in [1.54, 1.807) is 37.4 Å². The van der Waals surface area contributed by atoms with Crippen molar-refractivity contribution in [1.82, 2.24) is 15.6 Å². The Hall–Kier alpha value is -3.29. The van der Waals surface area contributed by atoms with E-state index >= 15 is 0 Å². The lowest BCUT2D eigenvalue weighted by Crippen LogP contribution is -2.38. The van der Waals surface area contributed by atoms with Crippen molar-refractivity contribution < 1.29 is 14.3 Å². The molecule has 0 bridgehead atoms. The zero-order valence-electron chi connectivity index (χ0n) is 17.1. The number of hydrogen-bond acceptors (Lipinski definition) is 4. The predicted octanol–water partition coefficient (Wildman–Crippen LogP) is 5.35. The smallest absolute Gasteiger partial charge is 0.319 e. The molecule has 1 heterocycles. The summed E-state index contributed by atoms with van der Waals surface area (Å²) in [5.41, 5.74) is 1.35. The molecule has 164 valence electrons. The van der Waals surface area contributed by atoms with E-state index in [1.165, 1.54) is 6.20 Å². The number of amides is 3. The highest BCUT2D eigenvalue weighted by atomic mass is 35.5. The van der Waals surface area contributed by atoms with Crippen LogP contribution in [0.4, 0.5) is 10.5 Å². The van der Waals surface area contributed by atoms with Crippen LogP contribution in [0.2, 0.25) is 10.0 Å². The molecular formula is C23H20Cl2N4O3. The van der Waals surface area contributed by atoms with Crippen LogP contribution in [0.1, 0.15) is 28.9 Å². The molecule has 2 aromatic carbocycles. The number of urea groups is 1. The standard InChI is InChI=1S/C23H20Cl2N4O3/c1-26-21(30)20-13-19(6-9-27-20)32-18-4-2-14(3-5-18)23(7-8-23)29-22(31)28-17-11-15(24)10-16(25)12-17/h2-6,9-13H,7-8H2,1H3,(H,26,30)(H2,28,29,31). The van der Waals surface area contributed by atoms with Crippen molar-refractivity contribution >= 4 is 40.8 Å². The van der Waals surface area contributed by atoms with Gasteiger partial charge in [0.1, 0.15) is 17.2 Å². The largest absolute Gasteiger partial charge is 0.457 e. The third kappa shape index (κ3) is 5.12. The number of nitrogens with zero attached hydrogens (tertiary/aromatic N) is 1. The molecule has 9 heteroatoms. The molecular weight excluding hydrogens is 451 g/mol. The van der Waals surface area contributed by atoms with Gasteiger partial charge < -0.3 is 20.7 Å². The Bertz CT molecular complexity index is 1140. The van der Waals surface area contributed by atoms with Crippen LogP contribution in [0.25, 0.3) is 0 Å². The summed E-state index contributed by atoms with van der Waals surface area (Å²) in [4.78, 5) is 28.3. The average Bonchev–Trinajstić information content (AvgIpc) is 3.53. The number of ether oxygens (including phenoxy) is 1. The SMILES string of the molecule is CNC(=O)c1cc(Oc2ccc(C3(NC(=O)Nc4cc(Cl)cc(Cl)c4)CC3)cc2)ccn1. The Balaban J connectivity index is 1.41. The van der Waals surface area contributed by atoms with Crippen LogP contribution >= 0.6 is 23.2 Å². The fourth-order valence-corrected chi connectivity index (χ4v) is 3.85. The highest BCUT2D eigenvalue weighted by molar-refractivity contribution is 6.35. The quantitative estimate of drug-likeness (QED) is 0.452. The number of halogens is 2. The van der Waals surface area contributed by atoms with E-state index in [2.05, 4.69) is 20.9 Å². The van der Waals surface area contributed by atoms with Gasteiger partial charge >= 0.3 is 6.03 Å². The van der Waals surface area contributed by atoms with Gasteiger partial charge in [-0.15, -0.1) is 0 Å². The molecule has 0 saturated heterocycles. The second-order valence-electron chi connectivity index (χ2n) is 7.40. The van der Waals surface area contributed by atoms with Crippen LogP contribution in [0, 0.1) is 0 Å². The third-order valence-corrected chi connectivity index (χ3v) is 5.49. The average molecular weight is 471 g/mol. The monoisotopic (exact) mass is 470 g/mol. The third-order valence-electron chi connectivity index (χ3n) is 5.06. The molecule has 0 spiro atoms. The normalized spacial score (nSPS) is 13.7. The van der Waals surface area contributed by atoms with Crippen molar-refractivity contribution in [2.75, 3.05) is 12.4 Å². The summed E-state index contributed by atoms with van der Waals surface area (Å²) in [5.74, 6) is 0.827. The first-order valence-electron chi connectivity index (χ1n) is 9.89. The van der Waals surface area contributed by atoms with Gasteiger partial charge in [0.15, 0.2) is 0 Å². The lowest BCUT2D eigenvalue weighted by atomic mass is 10.1. The maximum atomic E-state index is 12.5. The van der Waals surface area contributed by atoms with Crippen molar-refractivity contribution in [3.8, 4) is 11.5 Å². The number of pyridine rings is 1. The molecule has 0 aliphatic heterocycles. The number of benzene rings is 2. The number of carbonyl (C=O) groups excluding carboxylic acids is 2. The number of hydrogen-bond donors (Lipinski definition) is 3. The van der Waals surface area contributed by atoms with E-state index in [4.69, 9.17) is 27.9 Å². The number of nitrogens with one attached hydrogen (secondary N) is 3. The van der Waals surface area contributed by atoms with Crippen LogP contribution in [-0.4, -0.2) is 24.0 Å². The summed E-state index contributed by atoms with van der Waals surface area (Å²) in [5, 5.41) is 9.23. The first-order chi connectivity index (χ1) is 15.4. The second-order valence-corrected chi connectivity index (χ2v) is 8.27. The molecule has 1 aromatic heterocycles. The fraction of sp³-hybridized carbons (Fsp3) is 0.174. The summed E-state index contributed by atoms with van der Waals surface area (Å²) in [6.45, 7) is 0. The molecule has 4 rings (SSSR count). The first kappa shape index (κ1) is 21.9. The van der Waals surface area contributed by atoms with Gasteiger partial charge in [-0.05, 0) is 54.8 Å². The number of aromatic nitrogens is 1. The summed E-state index contributed by atoms with van der Waals surface area (Å²) in [6, 6.07) is 15.3. The Kier molecular flexibility index (Phi) is 6.21. The lowest BCUT2D eigenvalue weighted by Gasteiger charge is -2.19. The van der Waals surface area contributed by atoms with Gasteiger partial charge in [-0.1, -0.05) is 35.3 Å². The van der Waals surface area contributed by atoms with Crippen molar-refractivity contribution in [3.05, 3.63) is 82.1 Å². The predicted molar refractivity (Wildman–Crippen MR) is 124 cm³/mol. The molecule has 3 amide bonds. The van der Waals surface area contributed by atoms with Crippen molar-refractivity contribution in [2.24, 2.45) is 0 Å². The van der Waals surface area contributed by atoms with Gasteiger partial charge in [0.25, 0.3) is 5.91 Å². The van der Waals surface area contributed by atoms with Crippen molar-refractivity contribution in [1.29, 1.82) is 0 Å². The summed E-state index contributed by atoms with van der Waals surface area (Å²) >= 11 is 12.0. The highest BCUT2D eigenvalue weighted by Crippen LogP contribution is 2.46. The van der Waals surface area contributed by atoms with Crippen LogP contribution < -0.4 is 20.7 Å². The zero-order chi connectivity index (χ0) is 22.7. The summed E-state index contributed by atoms with van der Waals surface area (Å²) < 4.78 is 5.84. The molecule has 0 unspecified atom stereocenters. The topological polar surface area (TPSA) is 92.4 Å². The minimum absolute atomic E-state index is 0.273. The van der Waals surface area contributed by atoms with Gasteiger partial charge in [-0.25, -0.2) is 4.79 Å². The van der Waals surface area contributed by atoms with E-state index in [0.29, 0.717) is 27.2 Å². The minimum atomic E-state index is -0.423. The van der Waals surface area contributed by atoms with E-state index in [9.17, 15) is 9.59 Å². The van der Waals surface area contributed by atoms with E-state index in [0.717, 1.165) is 18.4 Å². The Morgan fingerprint density at radius 3 is 2.28 bits per heavy atom. The number of carbonyl (C=O) groups is 2. The molecule has 1 saturated carbocycles. The fourth-order valence-electron chi connectivity index (χ4n) is 3.32. The van der Waals surface area contributed by atoms with E-state index < -0.39 is 5.54 Å². The Morgan fingerprint density at radius 2 is 1.66 bits per heavy atom. The van der Waals surface area contributed by atoms with Gasteiger partial charge in [-0.2, -0.15) is 0 Å². The van der Waals surface area contributed by atoms with Crippen LogP contribution in [0.3, 0.4) is 0 Å². The molecule has 1 fully saturated rings. The number of rotatable bonds is 6. The second kappa shape index (κ2) is 9.06. The maximum Gasteiger partial charge on any atom is 0.319 e.